The molecule has 0 amide bonds. The van der Waals surface area contributed by atoms with Crippen molar-refractivity contribution in [2.45, 2.75) is 11.4 Å². The van der Waals surface area contributed by atoms with Gasteiger partial charge in [-0.3, -0.25) is 4.78 Å². The number of hydrogen-bond acceptors (Lipinski definition) is 2. The van der Waals surface area contributed by atoms with Gasteiger partial charge in [-0.1, -0.05) is 10.7 Å². The van der Waals surface area contributed by atoms with Crippen molar-refractivity contribution in [3.05, 3.63) is 27.3 Å². The third-order valence-electron chi connectivity index (χ3n) is 2.09. The van der Waals surface area contributed by atoms with Gasteiger partial charge in [0.05, 0.1) is 0 Å². The molecule has 0 bridgehead atoms. The van der Waals surface area contributed by atoms with Crippen LogP contribution in [0, 0.1) is 8.35 Å². The molecule has 2 N–H and O–H groups in total. The Bertz CT molecular complexity index is 351. The van der Waals surface area contributed by atoms with Crippen molar-refractivity contribution >= 4 is 33.3 Å². The highest BCUT2D eigenvalue weighted by molar-refractivity contribution is 14.1. The number of benzene rings is 1. The number of halogens is 1. The van der Waals surface area contributed by atoms with E-state index in [-0.39, 0.29) is 10.7 Å². The zero-order valence-electron chi connectivity index (χ0n) is 7.14. The molecule has 1 aliphatic rings. The van der Waals surface area contributed by atoms with Crippen LogP contribution in [-0.2, 0) is 17.2 Å². The average Bonchev–Trinajstić information content (AvgIpc) is 2.28. The highest BCUT2D eigenvalue weighted by Gasteiger charge is 2.10. The number of hydrogen-bond donors (Lipinski definition) is 2. The lowest BCUT2D eigenvalue weighted by Gasteiger charge is -2.06. The molecule has 1 aromatic rings. The highest BCUT2D eigenvalue weighted by atomic mass is 127. The molecule has 70 valence electrons. The molecule has 0 saturated carbocycles. The highest BCUT2D eigenvalue weighted by Crippen LogP contribution is 2.19. The van der Waals surface area contributed by atoms with Gasteiger partial charge in [-0.15, -0.1) is 0 Å². The first-order valence-corrected chi connectivity index (χ1v) is 6.66. The van der Waals surface area contributed by atoms with Crippen molar-refractivity contribution in [2.75, 3.05) is 12.3 Å². The Morgan fingerprint density at radius 2 is 2.31 bits per heavy atom. The lowest BCUT2D eigenvalue weighted by atomic mass is 10.2. The van der Waals surface area contributed by atoms with Crippen LogP contribution in [0.2, 0.25) is 0 Å². The normalized spacial score (nSPS) is 22.1. The SMILES string of the molecule is N=S1CCNCc2cc(I)ccc21. The Morgan fingerprint density at radius 1 is 1.46 bits per heavy atom. The van der Waals surface area contributed by atoms with Crippen molar-refractivity contribution < 1.29 is 0 Å². The van der Waals surface area contributed by atoms with Gasteiger partial charge in [0, 0.05) is 27.3 Å². The molecule has 1 atom stereocenters. The summed E-state index contributed by atoms with van der Waals surface area (Å²) in [6.07, 6.45) is 0. The molecular weight excluding hydrogens is 295 g/mol. The fourth-order valence-electron chi connectivity index (χ4n) is 1.43. The van der Waals surface area contributed by atoms with Gasteiger partial charge in [0.1, 0.15) is 0 Å². The molecule has 13 heavy (non-hydrogen) atoms. The monoisotopic (exact) mass is 306 g/mol. The molecular formula is C9H11IN2S. The summed E-state index contributed by atoms with van der Waals surface area (Å²) in [5.74, 6) is 0.952. The van der Waals surface area contributed by atoms with Crippen LogP contribution >= 0.6 is 22.6 Å². The summed E-state index contributed by atoms with van der Waals surface area (Å²) in [6, 6.07) is 6.39. The van der Waals surface area contributed by atoms with E-state index < -0.39 is 0 Å². The third kappa shape index (κ3) is 2.11. The van der Waals surface area contributed by atoms with E-state index in [1.165, 1.54) is 14.0 Å². The molecule has 0 saturated heterocycles. The molecule has 1 aromatic carbocycles. The summed E-state index contributed by atoms with van der Waals surface area (Å²) in [7, 11) is -0.307. The largest absolute Gasteiger partial charge is 0.312 e. The second kappa shape index (κ2) is 4.06. The van der Waals surface area contributed by atoms with Gasteiger partial charge in [-0.2, -0.15) is 0 Å². The van der Waals surface area contributed by atoms with Gasteiger partial charge in [-0.25, -0.2) is 0 Å². The summed E-state index contributed by atoms with van der Waals surface area (Å²) >= 11 is 2.32. The standard InChI is InChI=1S/C9H11IN2S/c10-8-1-2-9-7(5-8)6-12-3-4-13(9)11/h1-2,5,11-12H,3-4,6H2. The Hall–Kier alpha value is 0.0600. The molecule has 2 rings (SSSR count). The second-order valence-corrected chi connectivity index (χ2v) is 5.90. The first-order chi connectivity index (χ1) is 6.27. The molecule has 0 radical (unpaired) electrons. The van der Waals surface area contributed by atoms with E-state index in [0.29, 0.717) is 0 Å². The second-order valence-electron chi connectivity index (χ2n) is 3.02. The van der Waals surface area contributed by atoms with Crippen LogP contribution < -0.4 is 5.32 Å². The van der Waals surface area contributed by atoms with Crippen molar-refractivity contribution in [2.24, 2.45) is 0 Å². The summed E-state index contributed by atoms with van der Waals surface area (Å²) in [5.41, 5.74) is 1.31. The van der Waals surface area contributed by atoms with Crippen molar-refractivity contribution in [1.82, 2.24) is 5.32 Å². The lowest BCUT2D eigenvalue weighted by molar-refractivity contribution is 0.731. The molecule has 1 unspecified atom stereocenters. The van der Waals surface area contributed by atoms with E-state index in [2.05, 4.69) is 46.1 Å². The Balaban J connectivity index is 2.48. The van der Waals surface area contributed by atoms with E-state index in [9.17, 15) is 0 Å². The smallest absolute Gasteiger partial charge is 0.0227 e. The lowest BCUT2D eigenvalue weighted by Crippen LogP contribution is -2.15. The van der Waals surface area contributed by atoms with Gasteiger partial charge in [0.25, 0.3) is 0 Å². The minimum Gasteiger partial charge on any atom is -0.312 e. The summed E-state index contributed by atoms with van der Waals surface area (Å²) in [5, 5.41) is 3.34. The van der Waals surface area contributed by atoms with Crippen LogP contribution in [-0.4, -0.2) is 12.3 Å². The topological polar surface area (TPSA) is 35.9 Å². The van der Waals surface area contributed by atoms with Crippen LogP contribution in [0.3, 0.4) is 0 Å². The Kier molecular flexibility index (Phi) is 3.00. The third-order valence-corrected chi connectivity index (χ3v) is 4.30. The summed E-state index contributed by atoms with van der Waals surface area (Å²) < 4.78 is 9.21. The van der Waals surface area contributed by atoms with Crippen LogP contribution in [0.1, 0.15) is 5.56 Å². The number of nitrogens with one attached hydrogen (secondary N) is 2. The fourth-order valence-corrected chi connectivity index (χ4v) is 3.24. The molecule has 2 nitrogen and oxygen atoms in total. The fraction of sp³-hybridized carbons (Fsp3) is 0.333. The molecule has 1 heterocycles. The van der Waals surface area contributed by atoms with E-state index in [4.69, 9.17) is 4.78 Å². The minimum absolute atomic E-state index is 0.307. The van der Waals surface area contributed by atoms with Crippen LogP contribution in [0.15, 0.2) is 23.1 Å². The maximum absolute atomic E-state index is 7.95. The van der Waals surface area contributed by atoms with E-state index in [0.717, 1.165) is 18.8 Å². The van der Waals surface area contributed by atoms with Gasteiger partial charge in [-0.05, 0) is 46.4 Å². The maximum Gasteiger partial charge on any atom is 0.0227 e. The van der Waals surface area contributed by atoms with Gasteiger partial charge < -0.3 is 5.32 Å². The molecule has 1 aliphatic heterocycles. The first-order valence-electron chi connectivity index (χ1n) is 4.18. The van der Waals surface area contributed by atoms with E-state index in [1.54, 1.807) is 0 Å². The van der Waals surface area contributed by atoms with Crippen LogP contribution in [0.5, 0.6) is 0 Å². The van der Waals surface area contributed by atoms with Crippen molar-refractivity contribution in [3.8, 4) is 0 Å². The van der Waals surface area contributed by atoms with E-state index >= 15 is 0 Å². The Morgan fingerprint density at radius 3 is 3.15 bits per heavy atom. The van der Waals surface area contributed by atoms with Crippen molar-refractivity contribution in [1.29, 1.82) is 4.78 Å². The first kappa shape index (κ1) is 9.61. The van der Waals surface area contributed by atoms with Crippen LogP contribution in [0.25, 0.3) is 0 Å². The summed E-state index contributed by atoms with van der Waals surface area (Å²) in [4.78, 5) is 1.23. The molecule has 4 heteroatoms. The maximum atomic E-state index is 7.95. The van der Waals surface area contributed by atoms with Crippen LogP contribution in [0.4, 0.5) is 0 Å². The number of rotatable bonds is 0. The summed E-state index contributed by atoms with van der Waals surface area (Å²) in [6.45, 7) is 1.90. The quantitative estimate of drug-likeness (QED) is 0.708. The predicted octanol–water partition coefficient (Wildman–Crippen LogP) is 2.13. The Labute approximate surface area is 94.1 Å². The van der Waals surface area contributed by atoms with Gasteiger partial charge in [0.2, 0.25) is 0 Å². The zero-order valence-corrected chi connectivity index (χ0v) is 10.1. The minimum atomic E-state index is -0.307. The zero-order chi connectivity index (χ0) is 9.26. The van der Waals surface area contributed by atoms with E-state index in [1.807, 2.05) is 0 Å². The average molecular weight is 306 g/mol. The van der Waals surface area contributed by atoms with Gasteiger partial charge in [0.15, 0.2) is 0 Å². The molecule has 0 spiro atoms. The number of fused-ring (bicyclic) bond motifs is 1. The van der Waals surface area contributed by atoms with Crippen molar-refractivity contribution in [3.63, 3.8) is 0 Å². The molecule has 0 fully saturated rings. The molecule has 0 aliphatic carbocycles. The van der Waals surface area contributed by atoms with Gasteiger partial charge >= 0.3 is 0 Å². The molecule has 0 aromatic heterocycles. The predicted molar refractivity (Wildman–Crippen MR) is 64.1 cm³/mol.